The fraction of sp³-hybridized carbons (Fsp3) is 0.333. The Bertz CT molecular complexity index is 1350. The minimum absolute atomic E-state index is 0. The van der Waals surface area contributed by atoms with E-state index in [-0.39, 0.29) is 23.8 Å². The van der Waals surface area contributed by atoms with Crippen LogP contribution in [0.3, 0.4) is 0 Å². The third kappa shape index (κ3) is 7.04. The zero-order chi connectivity index (χ0) is 26.4. The van der Waals surface area contributed by atoms with Gasteiger partial charge in [-0.1, -0.05) is 19.3 Å². The number of anilines is 2. The zero-order valence-corrected chi connectivity index (χ0v) is 22.2. The van der Waals surface area contributed by atoms with Gasteiger partial charge in [0.25, 0.3) is 11.4 Å². The van der Waals surface area contributed by atoms with E-state index in [0.717, 1.165) is 78.7 Å². The number of nitro groups is 2. The highest BCUT2D eigenvalue weighted by atomic mass is 35.5. The van der Waals surface area contributed by atoms with E-state index >= 15 is 0 Å². The standard InChI is InChI=1S/C27H30N6O4.ClH/c1-18-14-24(22-10-8-20(32(34)35)16-26(22)30-18)28-12-6-4-3-5-7-13-29-25-15-19(2)31-27-17-21(33(36)37)9-11-23(25)27;/h8-11,14-17H,3-7,12-13H2,1-2H3,(H,28,30)(H,29,31);1H. The van der Waals surface area contributed by atoms with Crippen LogP contribution in [0.25, 0.3) is 21.8 Å². The van der Waals surface area contributed by atoms with Crippen molar-refractivity contribution in [2.75, 3.05) is 23.7 Å². The van der Waals surface area contributed by atoms with Crippen LogP contribution in [0.4, 0.5) is 22.7 Å². The molecule has 0 saturated heterocycles. The first kappa shape index (κ1) is 28.5. The molecule has 0 radical (unpaired) electrons. The van der Waals surface area contributed by atoms with Crippen molar-refractivity contribution in [3.63, 3.8) is 0 Å². The predicted molar refractivity (Wildman–Crippen MR) is 154 cm³/mol. The Morgan fingerprint density at radius 2 is 1.05 bits per heavy atom. The average Bonchev–Trinajstić information content (AvgIpc) is 2.86. The molecule has 2 aromatic carbocycles. The number of hydrogen-bond donors (Lipinski definition) is 2. The smallest absolute Gasteiger partial charge is 0.271 e. The quantitative estimate of drug-likeness (QED) is 0.110. The van der Waals surface area contributed by atoms with Crippen molar-refractivity contribution in [2.45, 2.75) is 46.0 Å². The minimum atomic E-state index is -0.402. The Hall–Kier alpha value is -4.05. The normalized spacial score (nSPS) is 10.8. The second kappa shape index (κ2) is 13.0. The van der Waals surface area contributed by atoms with E-state index in [4.69, 9.17) is 0 Å². The number of nitrogens with one attached hydrogen (secondary N) is 2. The van der Waals surface area contributed by atoms with Crippen LogP contribution < -0.4 is 10.6 Å². The SMILES string of the molecule is Cc1cc(NCCCCCCCNc2cc(C)nc3cc([N+](=O)[O-])ccc23)c2ccc([N+](=O)[O-])cc2n1.Cl. The van der Waals surface area contributed by atoms with Crippen LogP contribution in [0, 0.1) is 34.1 Å². The van der Waals surface area contributed by atoms with E-state index in [0.29, 0.717) is 11.0 Å². The van der Waals surface area contributed by atoms with Crippen molar-refractivity contribution in [2.24, 2.45) is 0 Å². The number of aromatic nitrogens is 2. The summed E-state index contributed by atoms with van der Waals surface area (Å²) >= 11 is 0. The highest BCUT2D eigenvalue weighted by molar-refractivity contribution is 5.93. The summed E-state index contributed by atoms with van der Waals surface area (Å²) in [5.41, 5.74) is 4.87. The molecule has 0 atom stereocenters. The first-order valence-electron chi connectivity index (χ1n) is 12.4. The molecule has 11 heteroatoms. The molecule has 2 aromatic heterocycles. The zero-order valence-electron chi connectivity index (χ0n) is 21.4. The Morgan fingerprint density at radius 3 is 1.45 bits per heavy atom. The number of hydrogen-bond acceptors (Lipinski definition) is 8. The molecule has 0 amide bonds. The van der Waals surface area contributed by atoms with E-state index in [1.165, 1.54) is 24.3 Å². The Kier molecular flexibility index (Phi) is 9.72. The maximum Gasteiger partial charge on any atom is 0.271 e. The molecule has 4 aromatic rings. The van der Waals surface area contributed by atoms with E-state index in [2.05, 4.69) is 20.6 Å². The summed E-state index contributed by atoms with van der Waals surface area (Å²) < 4.78 is 0. The van der Waals surface area contributed by atoms with Crippen molar-refractivity contribution in [3.8, 4) is 0 Å². The summed E-state index contributed by atoms with van der Waals surface area (Å²) in [6.45, 7) is 5.42. The van der Waals surface area contributed by atoms with Crippen molar-refractivity contribution < 1.29 is 9.85 Å². The molecule has 0 fully saturated rings. The lowest BCUT2D eigenvalue weighted by molar-refractivity contribution is -0.384. The molecule has 0 aliphatic rings. The van der Waals surface area contributed by atoms with Gasteiger partial charge in [0.15, 0.2) is 0 Å². The second-order valence-corrected chi connectivity index (χ2v) is 9.16. The number of nitrogens with zero attached hydrogens (tertiary/aromatic N) is 4. The third-order valence-corrected chi connectivity index (χ3v) is 6.25. The van der Waals surface area contributed by atoms with Crippen LogP contribution >= 0.6 is 12.4 Å². The summed E-state index contributed by atoms with van der Waals surface area (Å²) in [6.07, 6.45) is 5.36. The molecule has 0 aliphatic carbocycles. The minimum Gasteiger partial charge on any atom is -0.384 e. The first-order chi connectivity index (χ1) is 17.8. The van der Waals surface area contributed by atoms with Gasteiger partial charge in [-0.15, -0.1) is 12.4 Å². The molecule has 2 N–H and O–H groups in total. The number of unbranched alkanes of at least 4 members (excludes halogenated alkanes) is 4. The number of non-ortho nitro benzene ring substituents is 2. The van der Waals surface area contributed by atoms with Crippen LogP contribution in [-0.4, -0.2) is 32.9 Å². The monoisotopic (exact) mass is 538 g/mol. The predicted octanol–water partition coefficient (Wildman–Crippen LogP) is 7.11. The van der Waals surface area contributed by atoms with Gasteiger partial charge in [0.05, 0.1) is 20.9 Å². The molecule has 0 bridgehead atoms. The lowest BCUT2D eigenvalue weighted by Gasteiger charge is -2.12. The van der Waals surface area contributed by atoms with Crippen LogP contribution in [0.15, 0.2) is 48.5 Å². The summed E-state index contributed by atoms with van der Waals surface area (Å²) in [5, 5.41) is 30.8. The number of aryl methyl sites for hydroxylation is 2. The summed E-state index contributed by atoms with van der Waals surface area (Å²) in [4.78, 5) is 30.2. The van der Waals surface area contributed by atoms with Crippen LogP contribution in [-0.2, 0) is 0 Å². The summed E-state index contributed by atoms with van der Waals surface area (Å²) in [6, 6.07) is 13.5. The van der Waals surface area contributed by atoms with Gasteiger partial charge in [-0.25, -0.2) is 0 Å². The van der Waals surface area contributed by atoms with Gasteiger partial charge in [0.2, 0.25) is 0 Å². The number of nitro benzene ring substituents is 2. The van der Waals surface area contributed by atoms with E-state index < -0.39 is 9.85 Å². The largest absolute Gasteiger partial charge is 0.384 e. The van der Waals surface area contributed by atoms with Gasteiger partial charge in [-0.3, -0.25) is 30.2 Å². The molecule has 0 saturated carbocycles. The molecular weight excluding hydrogens is 508 g/mol. The van der Waals surface area contributed by atoms with Crippen LogP contribution in [0.5, 0.6) is 0 Å². The van der Waals surface area contributed by atoms with Gasteiger partial charge >= 0.3 is 0 Å². The molecule has 38 heavy (non-hydrogen) atoms. The highest BCUT2D eigenvalue weighted by Gasteiger charge is 2.11. The number of pyridine rings is 2. The van der Waals surface area contributed by atoms with Gasteiger partial charge < -0.3 is 10.6 Å². The number of fused-ring (bicyclic) bond motifs is 2. The maximum absolute atomic E-state index is 11.1. The van der Waals surface area contributed by atoms with E-state index in [9.17, 15) is 20.2 Å². The molecule has 10 nitrogen and oxygen atoms in total. The van der Waals surface area contributed by atoms with Crippen molar-refractivity contribution in [3.05, 3.63) is 80.1 Å². The van der Waals surface area contributed by atoms with E-state index in [1.807, 2.05) is 26.0 Å². The first-order valence-corrected chi connectivity index (χ1v) is 12.4. The fourth-order valence-corrected chi connectivity index (χ4v) is 4.44. The molecule has 4 rings (SSSR count). The molecule has 200 valence electrons. The lowest BCUT2D eigenvalue weighted by atomic mass is 10.1. The Labute approximate surface area is 226 Å². The maximum atomic E-state index is 11.1. The van der Waals surface area contributed by atoms with Crippen molar-refractivity contribution in [1.82, 2.24) is 9.97 Å². The van der Waals surface area contributed by atoms with Crippen LogP contribution in [0.2, 0.25) is 0 Å². The molecule has 0 spiro atoms. The number of halogens is 1. The van der Waals surface area contributed by atoms with Crippen molar-refractivity contribution in [1.29, 1.82) is 0 Å². The topological polar surface area (TPSA) is 136 Å². The summed E-state index contributed by atoms with van der Waals surface area (Å²) in [7, 11) is 0. The molecule has 2 heterocycles. The second-order valence-electron chi connectivity index (χ2n) is 9.16. The molecule has 0 aliphatic heterocycles. The van der Waals surface area contributed by atoms with Gasteiger partial charge in [-0.05, 0) is 51.0 Å². The van der Waals surface area contributed by atoms with Gasteiger partial charge in [-0.2, -0.15) is 0 Å². The Balaban J connectivity index is 0.00000400. The van der Waals surface area contributed by atoms with Crippen molar-refractivity contribution >= 4 is 57.0 Å². The summed E-state index contributed by atoms with van der Waals surface area (Å²) in [5.74, 6) is 0. The van der Waals surface area contributed by atoms with Gasteiger partial charge in [0.1, 0.15) is 0 Å². The average molecular weight is 539 g/mol. The lowest BCUT2D eigenvalue weighted by Crippen LogP contribution is -2.04. The number of benzene rings is 2. The van der Waals surface area contributed by atoms with Crippen LogP contribution in [0.1, 0.15) is 43.5 Å². The fourth-order valence-electron chi connectivity index (χ4n) is 4.44. The number of rotatable bonds is 12. The highest BCUT2D eigenvalue weighted by Crippen LogP contribution is 2.28. The third-order valence-electron chi connectivity index (χ3n) is 6.25. The van der Waals surface area contributed by atoms with Gasteiger partial charge in [0, 0.05) is 70.9 Å². The Morgan fingerprint density at radius 1 is 0.658 bits per heavy atom. The molecular formula is C27H31ClN6O4. The molecule has 0 unspecified atom stereocenters. The van der Waals surface area contributed by atoms with E-state index in [1.54, 1.807) is 12.1 Å².